The van der Waals surface area contributed by atoms with Crippen molar-refractivity contribution >= 4 is 16.8 Å². The Morgan fingerprint density at radius 1 is 1.24 bits per heavy atom. The molecule has 0 atom stereocenters. The van der Waals surface area contributed by atoms with E-state index in [9.17, 15) is 4.79 Å². The summed E-state index contributed by atoms with van der Waals surface area (Å²) in [4.78, 5) is 18.6. The molecule has 2 N–H and O–H groups in total. The summed E-state index contributed by atoms with van der Waals surface area (Å²) < 4.78 is 0. The Balaban J connectivity index is 1.42. The number of nitrogens with zero attached hydrogens (tertiary/aromatic N) is 1. The summed E-state index contributed by atoms with van der Waals surface area (Å²) in [5.74, 6) is 0.695. The van der Waals surface area contributed by atoms with Gasteiger partial charge in [-0.2, -0.15) is 0 Å². The minimum absolute atomic E-state index is 0.0746. The lowest BCUT2D eigenvalue weighted by molar-refractivity contribution is 0.0937. The fourth-order valence-electron chi connectivity index (χ4n) is 4.39. The van der Waals surface area contributed by atoms with E-state index < -0.39 is 0 Å². The fraction of sp³-hybridized carbons (Fsp3) is 0.571. The highest BCUT2D eigenvalue weighted by molar-refractivity contribution is 5.99. The van der Waals surface area contributed by atoms with E-state index in [0.717, 1.165) is 31.5 Å². The Morgan fingerprint density at radius 3 is 2.84 bits per heavy atom. The standard InChI is InChI=1S/C21H29N3O/c1-2-24-11-9-15(10-12-24)14-22-21(25)16-7-8-20-18(13-16)17-5-3-4-6-19(17)23-20/h7-8,13,15,23H,2-6,9-12,14H2,1H3,(H,22,25). The lowest BCUT2D eigenvalue weighted by atomic mass is 9.95. The maximum Gasteiger partial charge on any atom is 0.251 e. The number of aromatic nitrogens is 1. The lowest BCUT2D eigenvalue weighted by Gasteiger charge is -2.31. The van der Waals surface area contributed by atoms with Gasteiger partial charge in [-0.25, -0.2) is 0 Å². The number of rotatable bonds is 4. The number of aryl methyl sites for hydroxylation is 2. The van der Waals surface area contributed by atoms with Crippen LogP contribution >= 0.6 is 0 Å². The molecule has 1 amide bonds. The van der Waals surface area contributed by atoms with Crippen molar-refractivity contribution in [3.05, 3.63) is 35.0 Å². The largest absolute Gasteiger partial charge is 0.358 e. The first-order chi connectivity index (χ1) is 12.2. The van der Waals surface area contributed by atoms with Crippen LogP contribution < -0.4 is 5.32 Å². The van der Waals surface area contributed by atoms with Gasteiger partial charge in [0.25, 0.3) is 5.91 Å². The van der Waals surface area contributed by atoms with Crippen molar-refractivity contribution in [3.8, 4) is 0 Å². The van der Waals surface area contributed by atoms with E-state index in [1.807, 2.05) is 6.07 Å². The predicted octanol–water partition coefficient (Wildman–Crippen LogP) is 3.51. The van der Waals surface area contributed by atoms with Crippen LogP contribution in [0.3, 0.4) is 0 Å². The van der Waals surface area contributed by atoms with E-state index in [1.54, 1.807) is 0 Å². The van der Waals surface area contributed by atoms with Crippen molar-refractivity contribution in [2.75, 3.05) is 26.2 Å². The highest BCUT2D eigenvalue weighted by Gasteiger charge is 2.20. The summed E-state index contributed by atoms with van der Waals surface area (Å²) in [6.45, 7) is 6.49. The molecule has 0 unspecified atom stereocenters. The number of carbonyl (C=O) groups is 1. The van der Waals surface area contributed by atoms with Crippen LogP contribution in [0.2, 0.25) is 0 Å². The van der Waals surface area contributed by atoms with Crippen molar-refractivity contribution < 1.29 is 4.79 Å². The van der Waals surface area contributed by atoms with Gasteiger partial charge in [0.15, 0.2) is 0 Å². The van der Waals surface area contributed by atoms with Crippen LogP contribution in [0.5, 0.6) is 0 Å². The minimum atomic E-state index is 0.0746. The first-order valence-corrected chi connectivity index (χ1v) is 9.88. The van der Waals surface area contributed by atoms with E-state index in [2.05, 4.69) is 34.3 Å². The number of H-pyrrole nitrogens is 1. The molecule has 1 aliphatic carbocycles. The number of hydrogen-bond acceptors (Lipinski definition) is 2. The van der Waals surface area contributed by atoms with Crippen LogP contribution in [-0.4, -0.2) is 42.0 Å². The Labute approximate surface area is 150 Å². The highest BCUT2D eigenvalue weighted by Crippen LogP contribution is 2.29. The number of fused-ring (bicyclic) bond motifs is 3. The smallest absolute Gasteiger partial charge is 0.251 e. The van der Waals surface area contributed by atoms with Crippen LogP contribution in [0.15, 0.2) is 18.2 Å². The maximum atomic E-state index is 12.6. The van der Waals surface area contributed by atoms with E-state index in [0.29, 0.717) is 5.92 Å². The molecule has 4 heteroatoms. The first kappa shape index (κ1) is 16.6. The normalized spacial score (nSPS) is 19.1. The molecule has 2 aromatic rings. The summed E-state index contributed by atoms with van der Waals surface area (Å²) in [5.41, 5.74) is 4.78. The van der Waals surface area contributed by atoms with E-state index in [4.69, 9.17) is 0 Å². The second-order valence-corrected chi connectivity index (χ2v) is 7.64. The molecular formula is C21H29N3O. The number of piperidine rings is 1. The number of benzene rings is 1. The average Bonchev–Trinajstić information content (AvgIpc) is 3.04. The molecule has 1 saturated heterocycles. The number of carbonyl (C=O) groups excluding carboxylic acids is 1. The molecule has 4 rings (SSSR count). The highest BCUT2D eigenvalue weighted by atomic mass is 16.1. The van der Waals surface area contributed by atoms with Gasteiger partial charge in [-0.3, -0.25) is 4.79 Å². The number of hydrogen-bond donors (Lipinski definition) is 2. The van der Waals surface area contributed by atoms with Crippen molar-refractivity contribution in [1.29, 1.82) is 0 Å². The molecule has 2 heterocycles. The second kappa shape index (κ2) is 7.20. The number of aromatic amines is 1. The molecule has 0 radical (unpaired) electrons. The Kier molecular flexibility index (Phi) is 4.80. The zero-order valence-corrected chi connectivity index (χ0v) is 15.2. The van der Waals surface area contributed by atoms with Crippen LogP contribution in [0.25, 0.3) is 10.9 Å². The summed E-state index contributed by atoms with van der Waals surface area (Å²) in [7, 11) is 0. The van der Waals surface area contributed by atoms with Gasteiger partial charge in [0.2, 0.25) is 0 Å². The third-order valence-corrected chi connectivity index (χ3v) is 6.07. The molecular weight excluding hydrogens is 310 g/mol. The van der Waals surface area contributed by atoms with Gasteiger partial charge in [-0.1, -0.05) is 6.92 Å². The first-order valence-electron chi connectivity index (χ1n) is 9.88. The molecule has 0 spiro atoms. The average molecular weight is 339 g/mol. The van der Waals surface area contributed by atoms with Gasteiger partial charge in [0, 0.05) is 28.7 Å². The van der Waals surface area contributed by atoms with Crippen LogP contribution in [0, 0.1) is 5.92 Å². The summed E-state index contributed by atoms with van der Waals surface area (Å²) in [5, 5.41) is 4.42. The molecule has 2 aliphatic rings. The SMILES string of the molecule is CCN1CCC(CNC(=O)c2ccc3[nH]c4c(c3c2)CCCC4)CC1. The van der Waals surface area contributed by atoms with Gasteiger partial charge in [-0.15, -0.1) is 0 Å². The van der Waals surface area contributed by atoms with Gasteiger partial charge in [0.1, 0.15) is 0 Å². The van der Waals surface area contributed by atoms with Crippen LogP contribution in [-0.2, 0) is 12.8 Å². The Hall–Kier alpha value is -1.81. The summed E-state index contributed by atoms with van der Waals surface area (Å²) in [6.07, 6.45) is 7.19. The van der Waals surface area contributed by atoms with Crippen molar-refractivity contribution in [2.24, 2.45) is 5.92 Å². The fourth-order valence-corrected chi connectivity index (χ4v) is 4.39. The molecule has 1 aromatic carbocycles. The molecule has 25 heavy (non-hydrogen) atoms. The molecule has 0 saturated carbocycles. The van der Waals surface area contributed by atoms with Gasteiger partial charge >= 0.3 is 0 Å². The molecule has 1 aromatic heterocycles. The predicted molar refractivity (Wildman–Crippen MR) is 102 cm³/mol. The van der Waals surface area contributed by atoms with Crippen LogP contribution in [0.4, 0.5) is 0 Å². The van der Waals surface area contributed by atoms with Gasteiger partial charge in [-0.05, 0) is 87.8 Å². The molecule has 1 fully saturated rings. The number of amides is 1. The van der Waals surface area contributed by atoms with Crippen molar-refractivity contribution in [3.63, 3.8) is 0 Å². The lowest BCUT2D eigenvalue weighted by Crippen LogP contribution is -2.38. The van der Waals surface area contributed by atoms with Gasteiger partial charge < -0.3 is 15.2 Å². The molecule has 1 aliphatic heterocycles. The Bertz CT molecular complexity index is 756. The molecule has 0 bridgehead atoms. The van der Waals surface area contributed by atoms with Crippen LogP contribution in [0.1, 0.15) is 54.2 Å². The second-order valence-electron chi connectivity index (χ2n) is 7.64. The summed E-state index contributed by atoms with van der Waals surface area (Å²) in [6, 6.07) is 6.12. The Morgan fingerprint density at radius 2 is 2.04 bits per heavy atom. The molecule has 4 nitrogen and oxygen atoms in total. The third kappa shape index (κ3) is 3.45. The quantitative estimate of drug-likeness (QED) is 0.895. The number of nitrogens with one attached hydrogen (secondary N) is 2. The molecule has 134 valence electrons. The number of likely N-dealkylation sites (tertiary alicyclic amines) is 1. The third-order valence-electron chi connectivity index (χ3n) is 6.07. The zero-order valence-electron chi connectivity index (χ0n) is 15.2. The van der Waals surface area contributed by atoms with Crippen molar-refractivity contribution in [2.45, 2.75) is 45.4 Å². The zero-order chi connectivity index (χ0) is 17.2. The van der Waals surface area contributed by atoms with E-state index in [-0.39, 0.29) is 5.91 Å². The summed E-state index contributed by atoms with van der Waals surface area (Å²) >= 11 is 0. The van der Waals surface area contributed by atoms with Crippen molar-refractivity contribution in [1.82, 2.24) is 15.2 Å². The van der Waals surface area contributed by atoms with Gasteiger partial charge in [0.05, 0.1) is 0 Å². The monoisotopic (exact) mass is 339 g/mol. The van der Waals surface area contributed by atoms with E-state index >= 15 is 0 Å². The maximum absolute atomic E-state index is 12.6. The van der Waals surface area contributed by atoms with E-state index in [1.165, 1.54) is 60.9 Å². The topological polar surface area (TPSA) is 48.1 Å². The minimum Gasteiger partial charge on any atom is -0.358 e.